The summed E-state index contributed by atoms with van der Waals surface area (Å²) in [6, 6.07) is 4.82. The molecule has 0 spiro atoms. The van der Waals surface area contributed by atoms with Gasteiger partial charge in [-0.15, -0.1) is 0 Å². The number of nitrogens with zero attached hydrogens (tertiary/aromatic N) is 1. The van der Waals surface area contributed by atoms with Crippen molar-refractivity contribution in [2.45, 2.75) is 22.7 Å². The van der Waals surface area contributed by atoms with Crippen molar-refractivity contribution in [3.63, 3.8) is 0 Å². The molecule has 1 amide bonds. The lowest BCUT2D eigenvalue weighted by atomic mass is 10.0. The molecule has 1 aliphatic rings. The van der Waals surface area contributed by atoms with E-state index in [2.05, 4.69) is 15.9 Å². The molecule has 0 bridgehead atoms. The fraction of sp³-hybridized carbons (Fsp3) is 0.235. The highest BCUT2D eigenvalue weighted by molar-refractivity contribution is 9.09. The number of alkyl halides is 1. The minimum Gasteiger partial charge on any atom is -0.447 e. The summed E-state index contributed by atoms with van der Waals surface area (Å²) in [5, 5.41) is 0. The molecule has 5 nitrogen and oxygen atoms in total. The molecule has 0 unspecified atom stereocenters. The van der Waals surface area contributed by atoms with Crippen LogP contribution in [0.15, 0.2) is 41.3 Å². The number of ether oxygens (including phenoxy) is 1. The van der Waals surface area contributed by atoms with E-state index in [0.717, 1.165) is 5.56 Å². The number of carbonyl (C=O) groups excluding carboxylic acids is 1. The van der Waals surface area contributed by atoms with E-state index >= 15 is 0 Å². The highest BCUT2D eigenvalue weighted by Crippen LogP contribution is 2.39. The number of aryl methyl sites for hydroxylation is 1. The molecular formula is C17H13BrF3NO4S. The zero-order valence-electron chi connectivity index (χ0n) is 13.8. The number of carbonyl (C=O) groups is 1. The van der Waals surface area contributed by atoms with E-state index in [9.17, 15) is 26.4 Å². The third-order valence-electron chi connectivity index (χ3n) is 4.06. The van der Waals surface area contributed by atoms with Crippen LogP contribution >= 0.6 is 15.9 Å². The molecule has 27 heavy (non-hydrogen) atoms. The Bertz CT molecular complexity index is 975. The van der Waals surface area contributed by atoms with E-state index < -0.39 is 50.0 Å². The van der Waals surface area contributed by atoms with Gasteiger partial charge in [0.05, 0.1) is 15.8 Å². The van der Waals surface area contributed by atoms with Crippen molar-refractivity contribution in [2.24, 2.45) is 0 Å². The third-order valence-corrected chi connectivity index (χ3v) is 6.59. The van der Waals surface area contributed by atoms with Crippen LogP contribution < -0.4 is 0 Å². The minimum atomic E-state index is -4.50. The van der Waals surface area contributed by atoms with Crippen LogP contribution in [0.5, 0.6) is 0 Å². The average Bonchev–Trinajstić information content (AvgIpc) is 2.57. The lowest BCUT2D eigenvalue weighted by Gasteiger charge is -2.37. The Hall–Kier alpha value is -2.07. The normalized spacial score (nSPS) is 20.5. The van der Waals surface area contributed by atoms with Gasteiger partial charge in [0.2, 0.25) is 0 Å². The molecule has 144 valence electrons. The molecular weight excluding hydrogens is 451 g/mol. The van der Waals surface area contributed by atoms with Crippen molar-refractivity contribution in [1.82, 2.24) is 4.31 Å². The average molecular weight is 464 g/mol. The summed E-state index contributed by atoms with van der Waals surface area (Å²) in [6.45, 7) is 1.42. The molecule has 1 fully saturated rings. The summed E-state index contributed by atoms with van der Waals surface area (Å²) in [4.78, 5) is 11.1. The summed E-state index contributed by atoms with van der Waals surface area (Å²) >= 11 is 3.11. The Morgan fingerprint density at radius 1 is 1.11 bits per heavy atom. The van der Waals surface area contributed by atoms with Gasteiger partial charge < -0.3 is 4.74 Å². The molecule has 0 saturated carbocycles. The Morgan fingerprint density at radius 3 is 2.22 bits per heavy atom. The van der Waals surface area contributed by atoms with E-state index in [-0.39, 0.29) is 15.8 Å². The van der Waals surface area contributed by atoms with Crippen LogP contribution in [-0.4, -0.2) is 30.3 Å². The zero-order valence-corrected chi connectivity index (χ0v) is 16.2. The van der Waals surface area contributed by atoms with Crippen LogP contribution in [0, 0.1) is 24.4 Å². The van der Waals surface area contributed by atoms with Crippen molar-refractivity contribution in [3.05, 3.63) is 65.0 Å². The lowest BCUT2D eigenvalue weighted by molar-refractivity contribution is 0.0823. The molecule has 10 heteroatoms. The van der Waals surface area contributed by atoms with Gasteiger partial charge >= 0.3 is 6.09 Å². The molecule has 0 radical (unpaired) electrons. The third kappa shape index (κ3) is 3.55. The van der Waals surface area contributed by atoms with Crippen LogP contribution in [0.2, 0.25) is 0 Å². The van der Waals surface area contributed by atoms with Crippen molar-refractivity contribution in [3.8, 4) is 0 Å². The first-order valence-corrected chi connectivity index (χ1v) is 10.0. The summed E-state index contributed by atoms with van der Waals surface area (Å²) in [6.07, 6.45) is -1.28. The van der Waals surface area contributed by atoms with Gasteiger partial charge in [0, 0.05) is 17.7 Å². The van der Waals surface area contributed by atoms with Crippen LogP contribution in [0.4, 0.5) is 18.0 Å². The van der Waals surface area contributed by atoms with Gasteiger partial charge in [-0.25, -0.2) is 26.4 Å². The molecule has 3 rings (SSSR count). The fourth-order valence-electron chi connectivity index (χ4n) is 2.77. The Morgan fingerprint density at radius 2 is 1.67 bits per heavy atom. The maximum Gasteiger partial charge on any atom is 0.424 e. The summed E-state index contributed by atoms with van der Waals surface area (Å²) in [5.74, 6) is -3.77. The van der Waals surface area contributed by atoms with Crippen molar-refractivity contribution < 1.29 is 31.1 Å². The maximum atomic E-state index is 14.3. The topological polar surface area (TPSA) is 63.7 Å². The summed E-state index contributed by atoms with van der Waals surface area (Å²) < 4.78 is 73.1. The second kappa shape index (κ2) is 7.16. The molecule has 2 atom stereocenters. The monoisotopic (exact) mass is 463 g/mol. The molecule has 2 aromatic rings. The molecule has 1 saturated heterocycles. The van der Waals surface area contributed by atoms with E-state index in [4.69, 9.17) is 4.74 Å². The van der Waals surface area contributed by atoms with Crippen LogP contribution in [0.3, 0.4) is 0 Å². The lowest BCUT2D eigenvalue weighted by Crippen LogP contribution is -2.49. The van der Waals surface area contributed by atoms with Crippen molar-refractivity contribution >= 4 is 32.0 Å². The maximum absolute atomic E-state index is 14.3. The van der Waals surface area contributed by atoms with Crippen LogP contribution in [-0.2, 0) is 14.8 Å². The molecule has 0 aliphatic carbocycles. The number of sulfonamides is 1. The van der Waals surface area contributed by atoms with Crippen molar-refractivity contribution in [2.75, 3.05) is 6.61 Å². The van der Waals surface area contributed by atoms with E-state index in [1.54, 1.807) is 6.92 Å². The highest BCUT2D eigenvalue weighted by Gasteiger charge is 2.47. The predicted octanol–water partition coefficient (Wildman–Crippen LogP) is 4.06. The number of benzene rings is 2. The quantitative estimate of drug-likeness (QED) is 0.643. The molecule has 2 aromatic carbocycles. The fourth-order valence-corrected chi connectivity index (χ4v) is 5.07. The Labute approximate surface area is 161 Å². The van der Waals surface area contributed by atoms with Crippen LogP contribution in [0.1, 0.15) is 17.2 Å². The highest BCUT2D eigenvalue weighted by atomic mass is 79.9. The Balaban J connectivity index is 2.19. The van der Waals surface area contributed by atoms with Gasteiger partial charge in [0.25, 0.3) is 10.0 Å². The molecule has 0 N–H and O–H groups in total. The molecule has 1 aliphatic heterocycles. The van der Waals surface area contributed by atoms with Crippen molar-refractivity contribution in [1.29, 1.82) is 0 Å². The molecule has 0 aromatic heterocycles. The number of cyclic esters (lactones) is 1. The van der Waals surface area contributed by atoms with Gasteiger partial charge in [-0.3, -0.25) is 0 Å². The van der Waals surface area contributed by atoms with Crippen LogP contribution in [0.25, 0.3) is 0 Å². The first kappa shape index (κ1) is 19.7. The largest absolute Gasteiger partial charge is 0.447 e. The Kier molecular flexibility index (Phi) is 5.22. The minimum absolute atomic E-state index is 0.250. The van der Waals surface area contributed by atoms with E-state index in [0.29, 0.717) is 12.1 Å². The number of amides is 1. The summed E-state index contributed by atoms with van der Waals surface area (Å²) in [5.41, 5.74) is 0.0336. The number of rotatable bonds is 3. The van der Waals surface area contributed by atoms with Gasteiger partial charge in [0.15, 0.2) is 0 Å². The smallest absolute Gasteiger partial charge is 0.424 e. The SMILES string of the molecule is Cc1ccc(S(=O)(=O)N2C(=O)OC[C@H](Br)[C@H]2c2c(F)cc(F)cc2F)cc1. The van der Waals surface area contributed by atoms with Gasteiger partial charge in [-0.1, -0.05) is 33.6 Å². The van der Waals surface area contributed by atoms with E-state index in [1.165, 1.54) is 24.3 Å². The summed E-state index contributed by atoms with van der Waals surface area (Å²) in [7, 11) is -4.50. The second-order valence-corrected chi connectivity index (χ2v) is 8.93. The number of halogens is 4. The number of hydrogen-bond donors (Lipinski definition) is 0. The zero-order chi connectivity index (χ0) is 19.9. The second-order valence-electron chi connectivity index (χ2n) is 5.93. The van der Waals surface area contributed by atoms with E-state index in [1.807, 2.05) is 0 Å². The molecule has 1 heterocycles. The first-order valence-electron chi connectivity index (χ1n) is 7.69. The predicted molar refractivity (Wildman–Crippen MR) is 93.3 cm³/mol. The van der Waals surface area contributed by atoms with Gasteiger partial charge in [0.1, 0.15) is 24.1 Å². The standard InChI is InChI=1S/C17H13BrF3NO4S/c1-9-2-4-11(5-3-9)27(24,25)22-16(12(18)8-26-17(22)23)15-13(20)6-10(19)7-14(15)21/h2-7,12,16H,8H2,1H3/t12-,16-/m0/s1. The number of hydrogen-bond acceptors (Lipinski definition) is 4. The first-order chi connectivity index (χ1) is 12.6. The van der Waals surface area contributed by atoms with Gasteiger partial charge in [-0.05, 0) is 19.1 Å². The van der Waals surface area contributed by atoms with Gasteiger partial charge in [-0.2, -0.15) is 4.31 Å².